The van der Waals surface area contributed by atoms with Crippen molar-refractivity contribution in [3.05, 3.63) is 54.7 Å². The van der Waals surface area contributed by atoms with Crippen molar-refractivity contribution in [1.82, 2.24) is 19.9 Å². The Labute approximate surface area is 159 Å². The van der Waals surface area contributed by atoms with E-state index in [0.29, 0.717) is 0 Å². The van der Waals surface area contributed by atoms with Crippen LogP contribution in [0, 0.1) is 6.92 Å². The van der Waals surface area contributed by atoms with Crippen LogP contribution in [0.4, 0.5) is 5.95 Å². The Morgan fingerprint density at radius 3 is 2.26 bits per heavy atom. The molecule has 0 radical (unpaired) electrons. The van der Waals surface area contributed by atoms with Crippen molar-refractivity contribution in [2.24, 2.45) is 0 Å². The lowest BCUT2D eigenvalue weighted by molar-refractivity contribution is -0.00571. The number of ether oxygens (including phenoxy) is 1. The van der Waals surface area contributed by atoms with Crippen LogP contribution in [0.5, 0.6) is 0 Å². The van der Waals surface area contributed by atoms with Crippen LogP contribution >= 0.6 is 0 Å². The van der Waals surface area contributed by atoms with E-state index in [0.717, 1.165) is 41.4 Å². The molecule has 3 heterocycles. The number of benzene rings is 1. The van der Waals surface area contributed by atoms with Gasteiger partial charge < -0.3 is 9.64 Å². The Morgan fingerprint density at radius 2 is 1.59 bits per heavy atom. The Balaban J connectivity index is 1.80. The second-order valence-corrected chi connectivity index (χ2v) is 7.09. The van der Waals surface area contributed by atoms with Gasteiger partial charge in [-0.25, -0.2) is 19.9 Å². The fourth-order valence-electron chi connectivity index (χ4n) is 3.45. The van der Waals surface area contributed by atoms with E-state index in [2.05, 4.69) is 64.9 Å². The summed E-state index contributed by atoms with van der Waals surface area (Å²) >= 11 is 0. The minimum atomic E-state index is 0.155. The van der Waals surface area contributed by atoms with Crippen LogP contribution in [-0.2, 0) is 4.74 Å². The van der Waals surface area contributed by atoms with Gasteiger partial charge in [0.05, 0.1) is 17.9 Å². The first-order valence-electron chi connectivity index (χ1n) is 9.20. The summed E-state index contributed by atoms with van der Waals surface area (Å²) in [5.74, 6) is 0.730. The average molecular weight is 361 g/mol. The highest BCUT2D eigenvalue weighted by Gasteiger charge is 2.25. The Hall–Kier alpha value is -2.86. The summed E-state index contributed by atoms with van der Waals surface area (Å²) in [6, 6.07) is 8.39. The zero-order valence-corrected chi connectivity index (χ0v) is 15.8. The predicted octanol–water partition coefficient (Wildman–Crippen LogP) is 3.52. The number of nitrogens with zero attached hydrogens (tertiary/aromatic N) is 5. The first kappa shape index (κ1) is 17.5. The van der Waals surface area contributed by atoms with Crippen LogP contribution in [0.3, 0.4) is 0 Å². The number of aromatic nitrogens is 4. The van der Waals surface area contributed by atoms with Gasteiger partial charge in [0, 0.05) is 48.4 Å². The van der Waals surface area contributed by atoms with Crippen LogP contribution in [-0.4, -0.2) is 45.2 Å². The largest absolute Gasteiger partial charge is 0.372 e. The summed E-state index contributed by atoms with van der Waals surface area (Å²) in [5.41, 5.74) is 4.99. The van der Waals surface area contributed by atoms with Crippen LogP contribution < -0.4 is 4.90 Å². The highest BCUT2D eigenvalue weighted by molar-refractivity contribution is 5.80. The summed E-state index contributed by atoms with van der Waals surface area (Å²) in [7, 11) is 0. The smallest absolute Gasteiger partial charge is 0.226 e. The fourth-order valence-corrected chi connectivity index (χ4v) is 3.45. The van der Waals surface area contributed by atoms with Crippen LogP contribution in [0.15, 0.2) is 49.2 Å². The number of hydrogen-bond acceptors (Lipinski definition) is 6. The molecule has 0 saturated carbocycles. The molecule has 2 atom stereocenters. The SMILES string of the molecule is Cc1ccc(-c2nc(N3C[C@@H](C)O[C@@H](C)C3)ncc2-c2cncnc2)cc1. The standard InChI is InChI=1S/C21H23N5O/c1-14-4-6-17(7-5-14)20-19(18-8-22-13-23-9-18)10-24-21(25-20)26-11-15(2)27-16(3)12-26/h4-10,13,15-16H,11-12H2,1-3H3/t15-,16+. The number of anilines is 1. The van der Waals surface area contributed by atoms with Gasteiger partial charge in [0.1, 0.15) is 6.33 Å². The van der Waals surface area contributed by atoms with Gasteiger partial charge in [-0.15, -0.1) is 0 Å². The zero-order valence-electron chi connectivity index (χ0n) is 15.8. The normalized spacial score (nSPS) is 19.9. The van der Waals surface area contributed by atoms with Crippen molar-refractivity contribution in [3.63, 3.8) is 0 Å². The molecule has 0 bridgehead atoms. The lowest BCUT2D eigenvalue weighted by atomic mass is 10.0. The van der Waals surface area contributed by atoms with E-state index in [1.165, 1.54) is 11.9 Å². The van der Waals surface area contributed by atoms with Gasteiger partial charge >= 0.3 is 0 Å². The maximum absolute atomic E-state index is 5.85. The molecule has 6 nitrogen and oxygen atoms in total. The number of morpholine rings is 1. The van der Waals surface area contributed by atoms with Gasteiger partial charge in [0.2, 0.25) is 5.95 Å². The van der Waals surface area contributed by atoms with Crippen molar-refractivity contribution in [1.29, 1.82) is 0 Å². The molecule has 0 N–H and O–H groups in total. The molecule has 0 aliphatic carbocycles. The van der Waals surface area contributed by atoms with Crippen LogP contribution in [0.25, 0.3) is 22.4 Å². The van der Waals surface area contributed by atoms with Gasteiger partial charge in [-0.3, -0.25) is 0 Å². The number of rotatable bonds is 3. The van der Waals surface area contributed by atoms with Gasteiger partial charge in [0.25, 0.3) is 0 Å². The van der Waals surface area contributed by atoms with E-state index >= 15 is 0 Å². The van der Waals surface area contributed by atoms with E-state index in [1.807, 2.05) is 6.20 Å². The summed E-state index contributed by atoms with van der Waals surface area (Å²) < 4.78 is 5.85. The quantitative estimate of drug-likeness (QED) is 0.711. The zero-order chi connectivity index (χ0) is 18.8. The van der Waals surface area contributed by atoms with E-state index in [9.17, 15) is 0 Å². The second kappa shape index (κ2) is 7.40. The molecular weight excluding hydrogens is 338 g/mol. The lowest BCUT2D eigenvalue weighted by Gasteiger charge is -2.35. The molecule has 2 aromatic heterocycles. The fraction of sp³-hybridized carbons (Fsp3) is 0.333. The third-order valence-corrected chi connectivity index (χ3v) is 4.68. The molecular formula is C21H23N5O. The molecule has 1 aromatic carbocycles. The Bertz CT molecular complexity index is 904. The van der Waals surface area contributed by atoms with Crippen molar-refractivity contribution < 1.29 is 4.74 Å². The Morgan fingerprint density at radius 1 is 0.926 bits per heavy atom. The topological polar surface area (TPSA) is 64.0 Å². The number of hydrogen-bond donors (Lipinski definition) is 0. The monoisotopic (exact) mass is 361 g/mol. The summed E-state index contributed by atoms with van der Waals surface area (Å²) in [5, 5.41) is 0. The van der Waals surface area contributed by atoms with E-state index in [-0.39, 0.29) is 12.2 Å². The maximum atomic E-state index is 5.85. The first-order valence-corrected chi connectivity index (χ1v) is 9.20. The average Bonchev–Trinajstić information content (AvgIpc) is 2.68. The van der Waals surface area contributed by atoms with Crippen molar-refractivity contribution >= 4 is 5.95 Å². The molecule has 1 saturated heterocycles. The molecule has 0 amide bonds. The highest BCUT2D eigenvalue weighted by Crippen LogP contribution is 2.31. The summed E-state index contributed by atoms with van der Waals surface area (Å²) in [6.07, 6.45) is 7.30. The first-order chi connectivity index (χ1) is 13.1. The number of aryl methyl sites for hydroxylation is 1. The molecule has 27 heavy (non-hydrogen) atoms. The Kier molecular flexibility index (Phi) is 4.81. The predicted molar refractivity (Wildman–Crippen MR) is 105 cm³/mol. The molecule has 1 aliphatic rings. The molecule has 1 aliphatic heterocycles. The van der Waals surface area contributed by atoms with Gasteiger partial charge in [-0.1, -0.05) is 29.8 Å². The minimum absolute atomic E-state index is 0.155. The van der Waals surface area contributed by atoms with Gasteiger partial charge in [-0.2, -0.15) is 0 Å². The summed E-state index contributed by atoms with van der Waals surface area (Å²) in [4.78, 5) is 20.1. The highest BCUT2D eigenvalue weighted by atomic mass is 16.5. The van der Waals surface area contributed by atoms with Crippen molar-refractivity contribution in [2.75, 3.05) is 18.0 Å². The van der Waals surface area contributed by atoms with Crippen molar-refractivity contribution in [3.8, 4) is 22.4 Å². The minimum Gasteiger partial charge on any atom is -0.372 e. The maximum Gasteiger partial charge on any atom is 0.226 e. The van der Waals surface area contributed by atoms with E-state index in [4.69, 9.17) is 9.72 Å². The van der Waals surface area contributed by atoms with Gasteiger partial charge in [-0.05, 0) is 20.8 Å². The van der Waals surface area contributed by atoms with E-state index in [1.54, 1.807) is 12.4 Å². The molecule has 1 fully saturated rings. The molecule has 3 aromatic rings. The molecule has 138 valence electrons. The second-order valence-electron chi connectivity index (χ2n) is 7.09. The lowest BCUT2D eigenvalue weighted by Crippen LogP contribution is -2.46. The van der Waals surface area contributed by atoms with E-state index < -0.39 is 0 Å². The third-order valence-electron chi connectivity index (χ3n) is 4.68. The molecule has 0 unspecified atom stereocenters. The van der Waals surface area contributed by atoms with Crippen LogP contribution in [0.1, 0.15) is 19.4 Å². The van der Waals surface area contributed by atoms with Crippen LogP contribution in [0.2, 0.25) is 0 Å². The molecule has 0 spiro atoms. The summed E-state index contributed by atoms with van der Waals surface area (Å²) in [6.45, 7) is 7.81. The third kappa shape index (κ3) is 3.80. The van der Waals surface area contributed by atoms with Gasteiger partial charge in [0.15, 0.2) is 0 Å². The molecule has 6 heteroatoms. The molecule has 4 rings (SSSR count). The van der Waals surface area contributed by atoms with Crippen molar-refractivity contribution in [2.45, 2.75) is 33.0 Å².